The van der Waals surface area contributed by atoms with Crippen molar-refractivity contribution in [2.24, 2.45) is 0 Å². The minimum absolute atomic E-state index is 0.271. The molecule has 0 aliphatic carbocycles. The van der Waals surface area contributed by atoms with Crippen molar-refractivity contribution in [1.82, 2.24) is 0 Å². The van der Waals surface area contributed by atoms with Crippen LogP contribution in [0.4, 0.5) is 0 Å². The molecule has 0 bridgehead atoms. The van der Waals surface area contributed by atoms with Gasteiger partial charge in [-0.1, -0.05) is 18.2 Å². The summed E-state index contributed by atoms with van der Waals surface area (Å²) in [5, 5.41) is 10.3. The Balaban J connectivity index is 2.40. The highest BCUT2D eigenvalue weighted by atomic mass is 16.5. The zero-order valence-corrected chi connectivity index (χ0v) is 9.82. The molecule has 1 aromatic carbocycles. The largest absolute Gasteiger partial charge is 0.493 e. The lowest BCUT2D eigenvalue weighted by atomic mass is 9.92. The standard InChI is InChI=1S/C13H18O3/c1-13(14,9-15-2)11-7-3-5-10-6-4-8-16-12(10)11/h3,5,7,14H,4,6,8-9H2,1-2H3. The van der Waals surface area contributed by atoms with Crippen LogP contribution in [0.3, 0.4) is 0 Å². The maximum absolute atomic E-state index is 10.3. The van der Waals surface area contributed by atoms with Crippen LogP contribution in [0.1, 0.15) is 24.5 Å². The molecule has 2 rings (SSSR count). The van der Waals surface area contributed by atoms with Gasteiger partial charge in [0.2, 0.25) is 0 Å². The van der Waals surface area contributed by atoms with Crippen LogP contribution in [-0.2, 0) is 16.8 Å². The molecule has 1 atom stereocenters. The summed E-state index contributed by atoms with van der Waals surface area (Å²) < 4.78 is 10.7. The summed E-state index contributed by atoms with van der Waals surface area (Å²) in [5.74, 6) is 0.843. The number of rotatable bonds is 3. The van der Waals surface area contributed by atoms with E-state index in [9.17, 15) is 5.11 Å². The number of hydrogen-bond acceptors (Lipinski definition) is 3. The summed E-state index contributed by atoms with van der Waals surface area (Å²) in [4.78, 5) is 0. The molecule has 0 amide bonds. The molecule has 0 saturated heterocycles. The summed E-state index contributed by atoms with van der Waals surface area (Å²) in [5.41, 5.74) is 1.02. The highest BCUT2D eigenvalue weighted by Gasteiger charge is 2.29. The third-order valence-electron chi connectivity index (χ3n) is 2.94. The van der Waals surface area contributed by atoms with Gasteiger partial charge in [-0.05, 0) is 25.3 Å². The zero-order chi connectivity index (χ0) is 11.6. The lowest BCUT2D eigenvalue weighted by Gasteiger charge is -2.28. The van der Waals surface area contributed by atoms with Gasteiger partial charge < -0.3 is 14.6 Å². The van der Waals surface area contributed by atoms with E-state index in [1.807, 2.05) is 12.1 Å². The molecule has 3 nitrogen and oxygen atoms in total. The third kappa shape index (κ3) is 2.06. The Hall–Kier alpha value is -1.06. The quantitative estimate of drug-likeness (QED) is 0.848. The molecule has 16 heavy (non-hydrogen) atoms. The first kappa shape index (κ1) is 11.4. The molecule has 1 aliphatic rings. The van der Waals surface area contributed by atoms with Crippen molar-refractivity contribution in [1.29, 1.82) is 0 Å². The van der Waals surface area contributed by atoms with E-state index in [0.29, 0.717) is 0 Å². The van der Waals surface area contributed by atoms with Crippen molar-refractivity contribution in [3.63, 3.8) is 0 Å². The Morgan fingerprint density at radius 2 is 2.31 bits per heavy atom. The number of fused-ring (bicyclic) bond motifs is 1. The number of hydrogen-bond donors (Lipinski definition) is 1. The van der Waals surface area contributed by atoms with E-state index in [0.717, 1.165) is 30.8 Å². The highest BCUT2D eigenvalue weighted by molar-refractivity contribution is 5.45. The minimum atomic E-state index is -0.989. The van der Waals surface area contributed by atoms with Crippen molar-refractivity contribution in [3.8, 4) is 5.75 Å². The van der Waals surface area contributed by atoms with Gasteiger partial charge in [0.25, 0.3) is 0 Å². The van der Waals surface area contributed by atoms with Crippen molar-refractivity contribution in [3.05, 3.63) is 29.3 Å². The van der Waals surface area contributed by atoms with E-state index >= 15 is 0 Å². The smallest absolute Gasteiger partial charge is 0.128 e. The zero-order valence-electron chi connectivity index (χ0n) is 9.82. The molecule has 1 heterocycles. The molecule has 1 unspecified atom stereocenters. The van der Waals surface area contributed by atoms with Gasteiger partial charge in [0.1, 0.15) is 11.4 Å². The second-order valence-electron chi connectivity index (χ2n) is 4.45. The summed E-state index contributed by atoms with van der Waals surface area (Å²) in [6, 6.07) is 5.93. The topological polar surface area (TPSA) is 38.7 Å². The van der Waals surface area contributed by atoms with E-state index < -0.39 is 5.60 Å². The van der Waals surface area contributed by atoms with Crippen molar-refractivity contribution >= 4 is 0 Å². The Labute approximate surface area is 96.0 Å². The second kappa shape index (κ2) is 4.44. The van der Waals surface area contributed by atoms with Gasteiger partial charge in [-0.3, -0.25) is 0 Å². The third-order valence-corrected chi connectivity index (χ3v) is 2.94. The molecule has 88 valence electrons. The molecule has 0 fully saturated rings. The normalized spacial score (nSPS) is 18.4. The summed E-state index contributed by atoms with van der Waals surface area (Å²) in [7, 11) is 1.59. The van der Waals surface area contributed by atoms with E-state index in [2.05, 4.69) is 6.07 Å². The Morgan fingerprint density at radius 3 is 3.06 bits per heavy atom. The SMILES string of the molecule is COCC(C)(O)c1cccc2c1OCCC2. The van der Waals surface area contributed by atoms with Gasteiger partial charge in [0.15, 0.2) is 0 Å². The molecule has 1 N–H and O–H groups in total. The summed E-state index contributed by atoms with van der Waals surface area (Å²) >= 11 is 0. The molecule has 3 heteroatoms. The fourth-order valence-electron chi connectivity index (χ4n) is 2.17. The number of para-hydroxylation sites is 1. The van der Waals surface area contributed by atoms with E-state index in [1.54, 1.807) is 14.0 Å². The Kier molecular flexibility index (Phi) is 3.17. The van der Waals surface area contributed by atoms with Crippen molar-refractivity contribution in [2.75, 3.05) is 20.3 Å². The van der Waals surface area contributed by atoms with Crippen molar-refractivity contribution < 1.29 is 14.6 Å². The maximum Gasteiger partial charge on any atom is 0.128 e. The van der Waals surface area contributed by atoms with Crippen LogP contribution in [0, 0.1) is 0 Å². The van der Waals surface area contributed by atoms with Crippen LogP contribution in [-0.4, -0.2) is 25.4 Å². The minimum Gasteiger partial charge on any atom is -0.493 e. The van der Waals surface area contributed by atoms with E-state index in [-0.39, 0.29) is 6.61 Å². The van der Waals surface area contributed by atoms with E-state index in [4.69, 9.17) is 9.47 Å². The molecule has 0 radical (unpaired) electrons. The monoisotopic (exact) mass is 222 g/mol. The van der Waals surface area contributed by atoms with Gasteiger partial charge in [0, 0.05) is 12.7 Å². The Bertz CT molecular complexity index is 371. The molecule has 0 aromatic heterocycles. The highest BCUT2D eigenvalue weighted by Crippen LogP contribution is 2.35. The van der Waals surface area contributed by atoms with Crippen LogP contribution < -0.4 is 4.74 Å². The number of ether oxygens (including phenoxy) is 2. The number of benzene rings is 1. The lowest BCUT2D eigenvalue weighted by Crippen LogP contribution is -2.29. The predicted octanol–water partition coefficient (Wildman–Crippen LogP) is 1.87. The summed E-state index contributed by atoms with van der Waals surface area (Å²) in [6.07, 6.45) is 2.06. The number of methoxy groups -OCH3 is 1. The van der Waals surface area contributed by atoms with Gasteiger partial charge >= 0.3 is 0 Å². The van der Waals surface area contributed by atoms with Gasteiger partial charge in [-0.25, -0.2) is 0 Å². The molecular weight excluding hydrogens is 204 g/mol. The number of aryl methyl sites for hydroxylation is 1. The second-order valence-corrected chi connectivity index (χ2v) is 4.45. The maximum atomic E-state index is 10.3. The molecular formula is C13H18O3. The van der Waals surface area contributed by atoms with Crippen LogP contribution in [0.2, 0.25) is 0 Å². The van der Waals surface area contributed by atoms with Gasteiger partial charge in [-0.15, -0.1) is 0 Å². The summed E-state index contributed by atoms with van der Waals surface area (Å²) in [6.45, 7) is 2.75. The first-order chi connectivity index (χ1) is 7.65. The fourth-order valence-corrected chi connectivity index (χ4v) is 2.17. The average molecular weight is 222 g/mol. The van der Waals surface area contributed by atoms with Crippen LogP contribution in [0.25, 0.3) is 0 Å². The predicted molar refractivity (Wildman–Crippen MR) is 61.7 cm³/mol. The Morgan fingerprint density at radius 1 is 1.50 bits per heavy atom. The van der Waals surface area contributed by atoms with Crippen molar-refractivity contribution in [2.45, 2.75) is 25.4 Å². The van der Waals surface area contributed by atoms with Crippen LogP contribution in [0.15, 0.2) is 18.2 Å². The van der Waals surface area contributed by atoms with Crippen LogP contribution >= 0.6 is 0 Å². The first-order valence-corrected chi connectivity index (χ1v) is 5.61. The molecule has 0 spiro atoms. The molecule has 1 aromatic rings. The van der Waals surface area contributed by atoms with E-state index in [1.165, 1.54) is 5.56 Å². The fraction of sp³-hybridized carbons (Fsp3) is 0.538. The van der Waals surface area contributed by atoms with Crippen LogP contribution in [0.5, 0.6) is 5.75 Å². The average Bonchev–Trinajstić information content (AvgIpc) is 2.28. The van der Waals surface area contributed by atoms with Gasteiger partial charge in [-0.2, -0.15) is 0 Å². The molecule has 0 saturated carbocycles. The molecule has 1 aliphatic heterocycles. The lowest BCUT2D eigenvalue weighted by molar-refractivity contribution is -0.0228. The number of aliphatic hydroxyl groups is 1. The van der Waals surface area contributed by atoms with Gasteiger partial charge in [0.05, 0.1) is 13.2 Å². The first-order valence-electron chi connectivity index (χ1n) is 5.61.